The van der Waals surface area contributed by atoms with Crippen LogP contribution in [0.15, 0.2) is 24.3 Å². The van der Waals surface area contributed by atoms with E-state index >= 15 is 0 Å². The van der Waals surface area contributed by atoms with Gasteiger partial charge in [-0.25, -0.2) is 0 Å². The van der Waals surface area contributed by atoms with Crippen molar-refractivity contribution in [1.82, 2.24) is 0 Å². The maximum atomic E-state index is 13.5. The highest BCUT2D eigenvalue weighted by Gasteiger charge is 2.82. The monoisotopic (exact) mass is 435 g/mol. The molecule has 0 radical (unpaired) electrons. The molecule has 16 heteroatoms. The lowest BCUT2D eigenvalue weighted by molar-refractivity contribution is -0.385. The zero-order chi connectivity index (χ0) is 22.3. The van der Waals surface area contributed by atoms with Crippen LogP contribution < -0.4 is 4.74 Å². The molecule has 0 amide bonds. The highest BCUT2D eigenvalue weighted by Crippen LogP contribution is 2.51. The quantitative estimate of drug-likeness (QED) is 0.357. The van der Waals surface area contributed by atoms with E-state index in [0.29, 0.717) is 18.2 Å². The van der Waals surface area contributed by atoms with Gasteiger partial charge in [0.2, 0.25) is 0 Å². The topological polar surface area (TPSA) is 69.4 Å². The lowest BCUT2D eigenvalue weighted by Gasteiger charge is -2.31. The molecule has 0 aliphatic rings. The third-order valence-corrected chi connectivity index (χ3v) is 2.96. The molecule has 0 N–H and O–H groups in total. The summed E-state index contributed by atoms with van der Waals surface area (Å²) in [6.45, 7) is 0. The molecule has 158 valence electrons. The van der Waals surface area contributed by atoms with Gasteiger partial charge in [-0.2, -0.15) is 48.3 Å². The van der Waals surface area contributed by atoms with Crippen LogP contribution in [0.5, 0.6) is 5.75 Å². The summed E-state index contributed by atoms with van der Waals surface area (Å²) < 4.78 is 144. The van der Waals surface area contributed by atoms with Crippen molar-refractivity contribution in [2.24, 2.45) is 0 Å². The standard InChI is InChI=1S/C12H4F11NO4/c13-8(14,10(17,18)11(19,20)21)7(25)9(15,16)12(22,23)28-6-3-1-2-5(4-6)24(26)27/h1-4H. The van der Waals surface area contributed by atoms with Gasteiger partial charge in [0, 0.05) is 6.07 Å². The van der Waals surface area contributed by atoms with Gasteiger partial charge in [-0.3, -0.25) is 14.9 Å². The summed E-state index contributed by atoms with van der Waals surface area (Å²) in [6, 6.07) is 1.66. The van der Waals surface area contributed by atoms with Gasteiger partial charge in [-0.15, -0.1) is 0 Å². The first-order valence-electron chi connectivity index (χ1n) is 6.35. The Kier molecular flexibility index (Phi) is 5.62. The Morgan fingerprint density at radius 3 is 1.82 bits per heavy atom. The summed E-state index contributed by atoms with van der Waals surface area (Å²) in [5.74, 6) is -27.9. The number of nitrogens with zero attached hydrogens (tertiary/aromatic N) is 1. The van der Waals surface area contributed by atoms with Crippen molar-refractivity contribution in [1.29, 1.82) is 0 Å². The first-order valence-corrected chi connectivity index (χ1v) is 6.35. The smallest absolute Gasteiger partial charge is 0.427 e. The maximum absolute atomic E-state index is 13.5. The Balaban J connectivity index is 3.30. The van der Waals surface area contributed by atoms with Crippen LogP contribution in [0.25, 0.3) is 0 Å². The summed E-state index contributed by atoms with van der Waals surface area (Å²) in [7, 11) is 0. The minimum atomic E-state index is -7.41. The number of Topliss-reactive ketones (excluding diaryl/α,β-unsaturated/α-hetero) is 1. The molecule has 28 heavy (non-hydrogen) atoms. The zero-order valence-corrected chi connectivity index (χ0v) is 12.5. The lowest BCUT2D eigenvalue weighted by atomic mass is 10.0. The zero-order valence-electron chi connectivity index (χ0n) is 12.5. The number of benzene rings is 1. The van der Waals surface area contributed by atoms with Crippen LogP contribution in [-0.2, 0) is 4.79 Å². The van der Waals surface area contributed by atoms with E-state index in [9.17, 15) is 63.2 Å². The number of carbonyl (C=O) groups excluding carboxylic acids is 1. The molecule has 0 fully saturated rings. The first kappa shape index (κ1) is 23.4. The highest BCUT2D eigenvalue weighted by molar-refractivity contribution is 5.93. The number of rotatable bonds is 7. The number of nitro groups is 1. The first-order chi connectivity index (χ1) is 12.3. The molecule has 5 nitrogen and oxygen atoms in total. The van der Waals surface area contributed by atoms with Crippen LogP contribution in [0.4, 0.5) is 54.0 Å². The maximum Gasteiger partial charge on any atom is 0.472 e. The Morgan fingerprint density at radius 1 is 0.893 bits per heavy atom. The fraction of sp³-hybridized carbons (Fsp3) is 0.417. The number of non-ortho nitro benzene ring substituents is 1. The summed E-state index contributed by atoms with van der Waals surface area (Å²) in [5, 5.41) is 10.4. The highest BCUT2D eigenvalue weighted by atomic mass is 19.4. The SMILES string of the molecule is O=C(C(F)(F)C(F)(F)Oc1cccc([N+](=O)[O-])c1)C(F)(F)C(F)(F)C(F)(F)F. The average molecular weight is 435 g/mol. The second-order valence-corrected chi connectivity index (χ2v) is 4.92. The van der Waals surface area contributed by atoms with Crippen molar-refractivity contribution < 1.29 is 62.7 Å². The van der Waals surface area contributed by atoms with Gasteiger partial charge in [-0.1, -0.05) is 6.07 Å². The Morgan fingerprint density at radius 2 is 1.39 bits per heavy atom. The van der Waals surface area contributed by atoms with Crippen LogP contribution in [0.1, 0.15) is 0 Å². The second kappa shape index (κ2) is 6.73. The average Bonchev–Trinajstić information content (AvgIpc) is 2.52. The largest absolute Gasteiger partial charge is 0.472 e. The molecule has 1 rings (SSSR count). The van der Waals surface area contributed by atoms with Gasteiger partial charge in [0.05, 0.1) is 11.0 Å². The van der Waals surface area contributed by atoms with E-state index in [1.807, 2.05) is 0 Å². The fourth-order valence-electron chi connectivity index (χ4n) is 1.52. The minimum Gasteiger partial charge on any atom is -0.427 e. The molecule has 1 aromatic carbocycles. The van der Waals surface area contributed by atoms with E-state index in [0.717, 1.165) is 0 Å². The van der Waals surface area contributed by atoms with Crippen molar-refractivity contribution in [2.45, 2.75) is 30.1 Å². The number of halogens is 11. The van der Waals surface area contributed by atoms with E-state index in [1.54, 1.807) is 0 Å². The molecule has 0 saturated carbocycles. The van der Waals surface area contributed by atoms with Crippen LogP contribution in [0, 0.1) is 10.1 Å². The van der Waals surface area contributed by atoms with Crippen LogP contribution >= 0.6 is 0 Å². The van der Waals surface area contributed by atoms with Gasteiger partial charge in [0.15, 0.2) is 0 Å². The number of nitro benzene ring substituents is 1. The summed E-state index contributed by atoms with van der Waals surface area (Å²) >= 11 is 0. The van der Waals surface area contributed by atoms with Gasteiger partial charge in [0.25, 0.3) is 11.5 Å². The fourth-order valence-corrected chi connectivity index (χ4v) is 1.52. The predicted octanol–water partition coefficient (Wildman–Crippen LogP) is 4.60. The van der Waals surface area contributed by atoms with Crippen molar-refractivity contribution in [3.05, 3.63) is 34.4 Å². The van der Waals surface area contributed by atoms with Crippen molar-refractivity contribution >= 4 is 11.5 Å². The summed E-state index contributed by atoms with van der Waals surface area (Å²) in [6.07, 6.45) is -13.6. The minimum absolute atomic E-state index is 0.0664. The number of hydrogen-bond donors (Lipinski definition) is 0. The lowest BCUT2D eigenvalue weighted by Crippen LogP contribution is -2.64. The Labute approximate surface area is 145 Å². The third kappa shape index (κ3) is 3.80. The molecule has 0 unspecified atom stereocenters. The van der Waals surface area contributed by atoms with Crippen LogP contribution in [-0.4, -0.2) is 40.8 Å². The Hall–Kier alpha value is -2.68. The molecule has 0 atom stereocenters. The molecule has 0 heterocycles. The molecule has 0 bridgehead atoms. The van der Waals surface area contributed by atoms with Crippen molar-refractivity contribution in [2.75, 3.05) is 0 Å². The van der Waals surface area contributed by atoms with E-state index < -0.39 is 52.2 Å². The summed E-state index contributed by atoms with van der Waals surface area (Å²) in [5.41, 5.74) is -1.03. The molecule has 0 aromatic heterocycles. The number of carbonyl (C=O) groups is 1. The van der Waals surface area contributed by atoms with Gasteiger partial charge < -0.3 is 4.74 Å². The van der Waals surface area contributed by atoms with E-state index in [-0.39, 0.29) is 6.07 Å². The van der Waals surface area contributed by atoms with E-state index in [4.69, 9.17) is 0 Å². The molecular weight excluding hydrogens is 431 g/mol. The Bertz CT molecular complexity index is 775. The summed E-state index contributed by atoms with van der Waals surface area (Å²) in [4.78, 5) is 20.0. The van der Waals surface area contributed by atoms with Crippen LogP contribution in [0.3, 0.4) is 0 Å². The van der Waals surface area contributed by atoms with Gasteiger partial charge in [-0.05, 0) is 6.07 Å². The normalized spacial score (nSPS) is 14.0. The second-order valence-electron chi connectivity index (χ2n) is 4.92. The molecule has 0 saturated heterocycles. The number of hydrogen-bond acceptors (Lipinski definition) is 4. The van der Waals surface area contributed by atoms with Crippen LogP contribution in [0.2, 0.25) is 0 Å². The number of ether oxygens (including phenoxy) is 1. The van der Waals surface area contributed by atoms with Gasteiger partial charge in [0.1, 0.15) is 5.75 Å². The van der Waals surface area contributed by atoms with E-state index in [2.05, 4.69) is 4.74 Å². The van der Waals surface area contributed by atoms with E-state index in [1.165, 1.54) is 0 Å². The van der Waals surface area contributed by atoms with Gasteiger partial charge >= 0.3 is 30.1 Å². The molecule has 0 spiro atoms. The molecule has 0 aliphatic carbocycles. The predicted molar refractivity (Wildman–Crippen MR) is 64.6 cm³/mol. The molecular formula is C12H4F11NO4. The number of alkyl halides is 11. The third-order valence-electron chi connectivity index (χ3n) is 2.96. The van der Waals surface area contributed by atoms with Crippen molar-refractivity contribution in [3.63, 3.8) is 0 Å². The van der Waals surface area contributed by atoms with Crippen molar-refractivity contribution in [3.8, 4) is 5.75 Å². The number of ketones is 1. The molecule has 1 aromatic rings. The molecule has 0 aliphatic heterocycles.